The van der Waals surface area contributed by atoms with Crippen LogP contribution in [0.4, 0.5) is 14.5 Å². The van der Waals surface area contributed by atoms with Crippen LogP contribution in [0.1, 0.15) is 9.67 Å². The van der Waals surface area contributed by atoms with Crippen molar-refractivity contribution in [3.05, 3.63) is 46.2 Å². The molecule has 1 aromatic heterocycles. The van der Waals surface area contributed by atoms with E-state index in [9.17, 15) is 22.0 Å². The zero-order chi connectivity index (χ0) is 16.5. The van der Waals surface area contributed by atoms with Crippen LogP contribution in [-0.2, 0) is 10.0 Å². The number of amides is 1. The fourth-order valence-corrected chi connectivity index (χ4v) is 3.64. The Hall–Kier alpha value is -1.84. The molecule has 0 unspecified atom stereocenters. The minimum atomic E-state index is -3.63. The van der Waals surface area contributed by atoms with Crippen LogP contribution in [-0.4, -0.2) is 28.4 Å². The van der Waals surface area contributed by atoms with Gasteiger partial charge < -0.3 is 4.90 Å². The molecule has 0 saturated heterocycles. The quantitative estimate of drug-likeness (QED) is 0.923. The second-order valence-electron chi connectivity index (χ2n) is 4.32. The lowest BCUT2D eigenvalue weighted by atomic mass is 10.2. The number of hydrogen-bond donors (Lipinski definition) is 1. The van der Waals surface area contributed by atoms with Gasteiger partial charge in [-0.3, -0.25) is 4.79 Å². The van der Waals surface area contributed by atoms with Gasteiger partial charge in [0, 0.05) is 24.2 Å². The third kappa shape index (κ3) is 3.16. The average molecular weight is 346 g/mol. The number of carbonyl (C=O) groups is 1. The van der Waals surface area contributed by atoms with Gasteiger partial charge in [-0.1, -0.05) is 0 Å². The Morgan fingerprint density at radius 2 is 1.91 bits per heavy atom. The summed E-state index contributed by atoms with van der Waals surface area (Å²) < 4.78 is 51.5. The largest absolute Gasteiger partial charge is 0.311 e. The molecule has 0 bridgehead atoms. The van der Waals surface area contributed by atoms with E-state index >= 15 is 0 Å². The lowest BCUT2D eigenvalue weighted by Gasteiger charge is -2.16. The van der Waals surface area contributed by atoms with E-state index in [1.165, 1.54) is 31.6 Å². The van der Waals surface area contributed by atoms with Gasteiger partial charge in [0.2, 0.25) is 10.0 Å². The molecule has 118 valence electrons. The molecule has 22 heavy (non-hydrogen) atoms. The number of nitrogens with one attached hydrogen (secondary N) is 1. The standard InChI is InChI=1S/C13H12F2N2O3S2/c1-16-22(19,20)9-6-12(21-7-9)13(18)17(2)8-3-4-10(14)11(15)5-8/h3-7,16H,1-2H3. The third-order valence-corrected chi connectivity index (χ3v) is 5.42. The Labute approximate surface area is 130 Å². The Kier molecular flexibility index (Phi) is 4.59. The summed E-state index contributed by atoms with van der Waals surface area (Å²) in [6.07, 6.45) is 0. The molecule has 0 aliphatic rings. The van der Waals surface area contributed by atoms with Crippen molar-refractivity contribution in [3.63, 3.8) is 0 Å². The van der Waals surface area contributed by atoms with E-state index in [1.54, 1.807) is 0 Å². The van der Waals surface area contributed by atoms with E-state index in [4.69, 9.17) is 0 Å². The van der Waals surface area contributed by atoms with Crippen LogP contribution in [0, 0.1) is 11.6 Å². The average Bonchev–Trinajstić information content (AvgIpc) is 2.99. The normalized spacial score (nSPS) is 11.5. The second-order valence-corrected chi connectivity index (χ2v) is 7.11. The van der Waals surface area contributed by atoms with Crippen molar-refractivity contribution in [1.82, 2.24) is 4.72 Å². The maximum atomic E-state index is 13.2. The molecule has 0 spiro atoms. The minimum Gasteiger partial charge on any atom is -0.311 e. The molecule has 0 aliphatic carbocycles. The first-order chi connectivity index (χ1) is 10.3. The number of hydrogen-bond acceptors (Lipinski definition) is 4. The highest BCUT2D eigenvalue weighted by Gasteiger charge is 2.20. The zero-order valence-electron chi connectivity index (χ0n) is 11.6. The summed E-state index contributed by atoms with van der Waals surface area (Å²) >= 11 is 0.952. The van der Waals surface area contributed by atoms with E-state index in [2.05, 4.69) is 4.72 Å². The summed E-state index contributed by atoms with van der Waals surface area (Å²) in [5.74, 6) is -2.60. The fourth-order valence-electron chi connectivity index (χ4n) is 1.67. The Morgan fingerprint density at radius 3 is 2.50 bits per heavy atom. The Morgan fingerprint density at radius 1 is 1.23 bits per heavy atom. The molecular formula is C13H12F2N2O3S2. The molecule has 1 N–H and O–H groups in total. The van der Waals surface area contributed by atoms with Crippen LogP contribution in [0.2, 0.25) is 0 Å². The van der Waals surface area contributed by atoms with E-state index in [0.29, 0.717) is 0 Å². The van der Waals surface area contributed by atoms with Crippen molar-refractivity contribution in [1.29, 1.82) is 0 Å². The zero-order valence-corrected chi connectivity index (χ0v) is 13.3. The number of sulfonamides is 1. The summed E-state index contributed by atoms with van der Waals surface area (Å²) in [5.41, 5.74) is 0.162. The highest BCUT2D eigenvalue weighted by molar-refractivity contribution is 7.89. The third-order valence-electron chi connectivity index (χ3n) is 2.96. The SMILES string of the molecule is CNS(=O)(=O)c1csc(C(=O)N(C)c2ccc(F)c(F)c2)c1. The first-order valence-electron chi connectivity index (χ1n) is 6.01. The smallest absolute Gasteiger partial charge is 0.268 e. The second kappa shape index (κ2) is 6.11. The minimum absolute atomic E-state index is 0.0259. The number of rotatable bonds is 4. The summed E-state index contributed by atoms with van der Waals surface area (Å²) in [6, 6.07) is 4.30. The lowest BCUT2D eigenvalue weighted by Crippen LogP contribution is -2.25. The van der Waals surface area contributed by atoms with Crippen LogP contribution < -0.4 is 9.62 Å². The monoisotopic (exact) mass is 346 g/mol. The predicted octanol–water partition coefficient (Wildman–Crippen LogP) is 2.21. The van der Waals surface area contributed by atoms with Gasteiger partial charge in [-0.05, 0) is 25.2 Å². The van der Waals surface area contributed by atoms with Crippen LogP contribution in [0.3, 0.4) is 0 Å². The van der Waals surface area contributed by atoms with Crippen molar-refractivity contribution < 1.29 is 22.0 Å². The van der Waals surface area contributed by atoms with E-state index in [1.807, 2.05) is 0 Å². The van der Waals surface area contributed by atoms with Crippen LogP contribution >= 0.6 is 11.3 Å². The number of anilines is 1. The number of benzene rings is 1. The molecule has 0 aliphatic heterocycles. The molecule has 0 fully saturated rings. The summed E-state index contributed by atoms with van der Waals surface area (Å²) in [7, 11) is -0.978. The molecule has 2 rings (SSSR count). The van der Waals surface area contributed by atoms with Crippen molar-refractivity contribution >= 4 is 33.0 Å². The fraction of sp³-hybridized carbons (Fsp3) is 0.154. The molecule has 1 amide bonds. The molecule has 0 saturated carbocycles. The molecule has 0 atom stereocenters. The molecule has 1 heterocycles. The van der Waals surface area contributed by atoms with Crippen LogP contribution in [0.15, 0.2) is 34.5 Å². The van der Waals surface area contributed by atoms with Gasteiger partial charge in [0.15, 0.2) is 11.6 Å². The number of thiophene rings is 1. The molecule has 9 heteroatoms. The van der Waals surface area contributed by atoms with Crippen molar-refractivity contribution in [2.45, 2.75) is 4.90 Å². The maximum Gasteiger partial charge on any atom is 0.268 e. The van der Waals surface area contributed by atoms with Gasteiger partial charge >= 0.3 is 0 Å². The first-order valence-corrected chi connectivity index (χ1v) is 8.37. The van der Waals surface area contributed by atoms with E-state index in [-0.39, 0.29) is 15.5 Å². The lowest BCUT2D eigenvalue weighted by molar-refractivity contribution is 0.0996. The maximum absolute atomic E-state index is 13.2. The molecular weight excluding hydrogens is 334 g/mol. The van der Waals surface area contributed by atoms with Crippen molar-refractivity contribution in [3.8, 4) is 0 Å². The van der Waals surface area contributed by atoms with Crippen molar-refractivity contribution in [2.75, 3.05) is 19.0 Å². The van der Waals surface area contributed by atoms with Gasteiger partial charge in [0.1, 0.15) is 0 Å². The Bertz CT molecular complexity index is 818. The van der Waals surface area contributed by atoms with Crippen LogP contribution in [0.25, 0.3) is 0 Å². The first kappa shape index (κ1) is 16.5. The summed E-state index contributed by atoms with van der Waals surface area (Å²) in [6.45, 7) is 0. The molecule has 0 radical (unpaired) electrons. The van der Waals surface area contributed by atoms with Crippen molar-refractivity contribution in [2.24, 2.45) is 0 Å². The van der Waals surface area contributed by atoms with Gasteiger partial charge in [0.25, 0.3) is 5.91 Å². The topological polar surface area (TPSA) is 66.5 Å². The van der Waals surface area contributed by atoms with E-state index < -0.39 is 27.6 Å². The number of carbonyl (C=O) groups excluding carboxylic acids is 1. The summed E-state index contributed by atoms with van der Waals surface area (Å²) in [5, 5.41) is 1.33. The Balaban J connectivity index is 2.30. The predicted molar refractivity (Wildman–Crippen MR) is 79.7 cm³/mol. The molecule has 5 nitrogen and oxygen atoms in total. The number of nitrogens with zero attached hydrogens (tertiary/aromatic N) is 1. The van der Waals surface area contributed by atoms with E-state index in [0.717, 1.165) is 28.4 Å². The molecule has 2 aromatic rings. The van der Waals surface area contributed by atoms with Gasteiger partial charge in [-0.2, -0.15) is 0 Å². The van der Waals surface area contributed by atoms with Crippen LogP contribution in [0.5, 0.6) is 0 Å². The molecule has 1 aromatic carbocycles. The van der Waals surface area contributed by atoms with Gasteiger partial charge in [-0.25, -0.2) is 21.9 Å². The highest BCUT2D eigenvalue weighted by Crippen LogP contribution is 2.23. The number of halogens is 2. The summed E-state index contributed by atoms with van der Waals surface area (Å²) in [4.78, 5) is 13.5. The van der Waals surface area contributed by atoms with Gasteiger partial charge in [0.05, 0.1) is 9.77 Å². The van der Waals surface area contributed by atoms with Gasteiger partial charge in [-0.15, -0.1) is 11.3 Å². The highest BCUT2D eigenvalue weighted by atomic mass is 32.2.